The van der Waals surface area contributed by atoms with Crippen LogP contribution in [0.5, 0.6) is 5.75 Å². The van der Waals surface area contributed by atoms with Gasteiger partial charge < -0.3 is 9.64 Å². The molecule has 0 N–H and O–H groups in total. The van der Waals surface area contributed by atoms with Gasteiger partial charge in [0.15, 0.2) is 5.13 Å². The Morgan fingerprint density at radius 1 is 1.14 bits per heavy atom. The summed E-state index contributed by atoms with van der Waals surface area (Å²) in [6.07, 6.45) is 3.51. The Hall–Kier alpha value is -2.22. The Labute approximate surface area is 180 Å². The van der Waals surface area contributed by atoms with E-state index in [-0.39, 0.29) is 5.91 Å². The highest BCUT2D eigenvalue weighted by molar-refractivity contribution is 7.22. The molecule has 0 aliphatic rings. The average Bonchev–Trinajstić information content (AvgIpc) is 3.40. The lowest BCUT2D eigenvalue weighted by atomic mass is 10.3. The number of para-hydroxylation sites is 1. The molecule has 2 aromatic heterocycles. The molecule has 0 aliphatic carbocycles. The van der Waals surface area contributed by atoms with Gasteiger partial charge in [0.05, 0.1) is 11.3 Å². The van der Waals surface area contributed by atoms with Crippen molar-refractivity contribution in [2.24, 2.45) is 0 Å². The molecule has 7 heteroatoms. The molecule has 1 aromatic carbocycles. The summed E-state index contributed by atoms with van der Waals surface area (Å²) in [4.78, 5) is 23.0. The van der Waals surface area contributed by atoms with Crippen LogP contribution < -0.4 is 9.64 Å². The van der Waals surface area contributed by atoms with Crippen LogP contribution in [0.15, 0.2) is 41.8 Å². The number of rotatable bonds is 10. The Kier molecular flexibility index (Phi) is 7.80. The number of benzene rings is 1. The molecule has 0 atom stereocenters. The van der Waals surface area contributed by atoms with Crippen molar-refractivity contribution in [1.82, 2.24) is 9.88 Å². The van der Waals surface area contributed by atoms with Crippen molar-refractivity contribution in [3.8, 4) is 5.75 Å². The Morgan fingerprint density at radius 2 is 1.97 bits per heavy atom. The fourth-order valence-corrected chi connectivity index (χ4v) is 4.64. The minimum absolute atomic E-state index is 0.0532. The molecule has 29 heavy (non-hydrogen) atoms. The third-order valence-electron chi connectivity index (χ3n) is 4.64. The first kappa shape index (κ1) is 21.5. The maximum atomic E-state index is 13.1. The second-order valence-electron chi connectivity index (χ2n) is 6.40. The highest BCUT2D eigenvalue weighted by atomic mass is 32.1. The lowest BCUT2D eigenvalue weighted by Gasteiger charge is -2.23. The van der Waals surface area contributed by atoms with E-state index in [9.17, 15) is 4.79 Å². The summed E-state index contributed by atoms with van der Waals surface area (Å²) in [6, 6.07) is 9.90. The standard InChI is InChI=1S/C22H27N3O2S2/c1-4-24(5-2)14-15-25(20(26)13-12-17-9-8-16-28-17)22-23-21-18(27-6-3)10-7-11-19(21)29-22/h7-13,16H,4-6,14-15H2,1-3H3. The number of amides is 1. The van der Waals surface area contributed by atoms with Crippen LogP contribution in [0.4, 0.5) is 5.13 Å². The number of carbonyl (C=O) groups is 1. The largest absolute Gasteiger partial charge is 0.492 e. The van der Waals surface area contributed by atoms with Gasteiger partial charge in [0, 0.05) is 24.0 Å². The SMILES string of the molecule is CCOc1cccc2sc(N(CCN(CC)CC)C(=O)C=Cc3cccs3)nc12. The van der Waals surface area contributed by atoms with Crippen molar-refractivity contribution in [3.05, 3.63) is 46.7 Å². The molecule has 0 saturated heterocycles. The van der Waals surface area contributed by atoms with E-state index < -0.39 is 0 Å². The Morgan fingerprint density at radius 3 is 2.66 bits per heavy atom. The maximum absolute atomic E-state index is 13.1. The number of likely N-dealkylation sites (N-methyl/N-ethyl adjacent to an activating group) is 1. The summed E-state index contributed by atoms with van der Waals surface area (Å²) in [5.74, 6) is 0.709. The number of ether oxygens (including phenoxy) is 1. The van der Waals surface area contributed by atoms with Gasteiger partial charge in [0.1, 0.15) is 11.3 Å². The molecule has 0 bridgehead atoms. The van der Waals surface area contributed by atoms with E-state index >= 15 is 0 Å². The number of anilines is 1. The van der Waals surface area contributed by atoms with Gasteiger partial charge >= 0.3 is 0 Å². The third kappa shape index (κ3) is 5.44. The minimum Gasteiger partial charge on any atom is -0.492 e. The summed E-state index contributed by atoms with van der Waals surface area (Å²) >= 11 is 3.14. The number of aromatic nitrogens is 1. The van der Waals surface area contributed by atoms with Crippen LogP contribution in [-0.4, -0.2) is 48.6 Å². The minimum atomic E-state index is -0.0532. The topological polar surface area (TPSA) is 45.7 Å². The van der Waals surface area contributed by atoms with Gasteiger partial charge in [-0.3, -0.25) is 9.69 Å². The number of carbonyl (C=O) groups excluding carboxylic acids is 1. The maximum Gasteiger partial charge on any atom is 0.252 e. The highest BCUT2D eigenvalue weighted by Crippen LogP contribution is 2.34. The first-order chi connectivity index (χ1) is 14.2. The lowest BCUT2D eigenvalue weighted by Crippen LogP contribution is -2.38. The van der Waals surface area contributed by atoms with E-state index in [1.165, 1.54) is 11.3 Å². The summed E-state index contributed by atoms with van der Waals surface area (Å²) < 4.78 is 6.74. The summed E-state index contributed by atoms with van der Waals surface area (Å²) in [7, 11) is 0. The summed E-state index contributed by atoms with van der Waals surface area (Å²) in [5.41, 5.74) is 0.817. The molecule has 154 valence electrons. The van der Waals surface area contributed by atoms with Crippen molar-refractivity contribution < 1.29 is 9.53 Å². The molecule has 3 aromatic rings. The van der Waals surface area contributed by atoms with Gasteiger partial charge in [-0.2, -0.15) is 0 Å². The first-order valence-electron chi connectivity index (χ1n) is 9.94. The van der Waals surface area contributed by atoms with E-state index in [4.69, 9.17) is 9.72 Å². The van der Waals surface area contributed by atoms with Crippen LogP contribution in [0.2, 0.25) is 0 Å². The van der Waals surface area contributed by atoms with Gasteiger partial charge in [0.25, 0.3) is 5.91 Å². The average molecular weight is 430 g/mol. The monoisotopic (exact) mass is 429 g/mol. The number of hydrogen-bond acceptors (Lipinski definition) is 6. The van der Waals surface area contributed by atoms with Crippen molar-refractivity contribution >= 4 is 50.0 Å². The summed E-state index contributed by atoms with van der Waals surface area (Å²) in [5, 5.41) is 2.71. The fourth-order valence-electron chi connectivity index (χ4n) is 3.01. The highest BCUT2D eigenvalue weighted by Gasteiger charge is 2.20. The second kappa shape index (κ2) is 10.5. The smallest absolute Gasteiger partial charge is 0.252 e. The van der Waals surface area contributed by atoms with Crippen LogP contribution in [-0.2, 0) is 4.79 Å². The number of thiophene rings is 1. The molecule has 0 unspecified atom stereocenters. The number of fused-ring (bicyclic) bond motifs is 1. The normalized spacial score (nSPS) is 11.6. The molecule has 0 radical (unpaired) electrons. The van der Waals surface area contributed by atoms with Gasteiger partial charge in [-0.15, -0.1) is 11.3 Å². The van der Waals surface area contributed by atoms with Gasteiger partial charge in [0.2, 0.25) is 0 Å². The first-order valence-corrected chi connectivity index (χ1v) is 11.6. The van der Waals surface area contributed by atoms with Crippen LogP contribution in [0.1, 0.15) is 25.6 Å². The van der Waals surface area contributed by atoms with E-state index in [1.807, 2.05) is 48.7 Å². The number of nitrogens with zero attached hydrogens (tertiary/aromatic N) is 3. The van der Waals surface area contributed by atoms with Crippen LogP contribution in [0.25, 0.3) is 16.3 Å². The molecular formula is C22H27N3O2S2. The van der Waals surface area contributed by atoms with Crippen molar-refractivity contribution in [2.75, 3.05) is 37.7 Å². The number of hydrogen-bond donors (Lipinski definition) is 0. The second-order valence-corrected chi connectivity index (χ2v) is 8.39. The van der Waals surface area contributed by atoms with E-state index in [1.54, 1.807) is 22.3 Å². The third-order valence-corrected chi connectivity index (χ3v) is 6.52. The Balaban J connectivity index is 1.90. The van der Waals surface area contributed by atoms with Crippen LogP contribution >= 0.6 is 22.7 Å². The van der Waals surface area contributed by atoms with Gasteiger partial charge in [-0.1, -0.05) is 37.3 Å². The Bertz CT molecular complexity index is 946. The fraction of sp³-hybridized carbons (Fsp3) is 0.364. The van der Waals surface area contributed by atoms with Gasteiger partial charge in [-0.25, -0.2) is 4.98 Å². The zero-order chi connectivity index (χ0) is 20.6. The van der Waals surface area contributed by atoms with E-state index in [0.717, 1.165) is 40.5 Å². The predicted octanol–water partition coefficient (Wildman–Crippen LogP) is 5.14. The zero-order valence-electron chi connectivity index (χ0n) is 17.1. The van der Waals surface area contributed by atoms with Crippen molar-refractivity contribution in [1.29, 1.82) is 0 Å². The van der Waals surface area contributed by atoms with Crippen LogP contribution in [0.3, 0.4) is 0 Å². The quantitative estimate of drug-likeness (QED) is 0.418. The molecule has 0 fully saturated rings. The van der Waals surface area contributed by atoms with Gasteiger partial charge in [-0.05, 0) is 49.7 Å². The lowest BCUT2D eigenvalue weighted by molar-refractivity contribution is -0.114. The molecule has 5 nitrogen and oxygen atoms in total. The van der Waals surface area contributed by atoms with Crippen LogP contribution in [0, 0.1) is 0 Å². The molecule has 2 heterocycles. The molecular weight excluding hydrogens is 402 g/mol. The number of thiazole rings is 1. The molecule has 0 aliphatic heterocycles. The van der Waals surface area contributed by atoms with Crippen molar-refractivity contribution in [2.45, 2.75) is 20.8 Å². The zero-order valence-corrected chi connectivity index (χ0v) is 18.8. The van der Waals surface area contributed by atoms with Crippen molar-refractivity contribution in [3.63, 3.8) is 0 Å². The van der Waals surface area contributed by atoms with E-state index in [2.05, 4.69) is 18.7 Å². The molecule has 3 rings (SSSR count). The summed E-state index contributed by atoms with van der Waals surface area (Å²) in [6.45, 7) is 10.1. The molecule has 0 saturated carbocycles. The van der Waals surface area contributed by atoms with E-state index in [0.29, 0.717) is 18.3 Å². The molecule has 1 amide bonds. The molecule has 0 spiro atoms. The predicted molar refractivity (Wildman–Crippen MR) is 124 cm³/mol.